The van der Waals surface area contributed by atoms with Crippen LogP contribution in [0.4, 0.5) is 30.8 Å². The fourth-order valence-corrected chi connectivity index (χ4v) is 5.76. The van der Waals surface area contributed by atoms with Crippen LogP contribution in [0.3, 0.4) is 0 Å². The van der Waals surface area contributed by atoms with E-state index in [9.17, 15) is 23.1 Å². The standard InChI is InChI=1S/C26H30F3N7O3/c27-15-9-19(28)22(20(29)10-15)33-26-32-21-11-30-25(34-23(21)36(26)17-6-8-39-13-17)31-16-3-1-14(2-4-16)24(38)35-7-5-18(37)12-35/h9-11,14,16-18,37H,1-8,12-13H2,(H,32,33)(H,30,31,34)/t14-,16-,17-,18+/m0/s1. The van der Waals surface area contributed by atoms with Gasteiger partial charge in [-0.2, -0.15) is 4.98 Å². The van der Waals surface area contributed by atoms with Crippen LogP contribution >= 0.6 is 0 Å². The predicted molar refractivity (Wildman–Crippen MR) is 136 cm³/mol. The molecule has 0 spiro atoms. The molecule has 3 aliphatic rings. The number of likely N-dealkylation sites (tertiary alicyclic amines) is 1. The van der Waals surface area contributed by atoms with Gasteiger partial charge in [-0.25, -0.2) is 23.1 Å². The third-order valence-electron chi connectivity index (χ3n) is 7.83. The minimum absolute atomic E-state index is 0.0403. The van der Waals surface area contributed by atoms with E-state index < -0.39 is 29.2 Å². The summed E-state index contributed by atoms with van der Waals surface area (Å²) in [5.41, 5.74) is 0.401. The molecule has 3 N–H and O–H groups in total. The molecule has 3 aromatic rings. The van der Waals surface area contributed by atoms with Gasteiger partial charge in [-0.05, 0) is 38.5 Å². The Hall–Kier alpha value is -3.45. The van der Waals surface area contributed by atoms with Crippen molar-refractivity contribution >= 4 is 34.7 Å². The maximum atomic E-state index is 14.4. The number of rotatable bonds is 6. The van der Waals surface area contributed by atoms with Gasteiger partial charge in [0.2, 0.25) is 17.8 Å². The van der Waals surface area contributed by atoms with Crippen LogP contribution < -0.4 is 10.6 Å². The van der Waals surface area contributed by atoms with Crippen LogP contribution in [0, 0.1) is 23.4 Å². The molecule has 4 heterocycles. The predicted octanol–water partition coefficient (Wildman–Crippen LogP) is 3.51. The number of benzene rings is 1. The molecular formula is C26H30F3N7O3. The van der Waals surface area contributed by atoms with Gasteiger partial charge in [-0.3, -0.25) is 9.36 Å². The van der Waals surface area contributed by atoms with Crippen molar-refractivity contribution in [2.75, 3.05) is 36.9 Å². The summed E-state index contributed by atoms with van der Waals surface area (Å²) in [6.45, 7) is 1.94. The summed E-state index contributed by atoms with van der Waals surface area (Å²) >= 11 is 0. The number of nitrogens with one attached hydrogen (secondary N) is 2. The number of β-amino-alcohol motifs (C(OH)–C–C–N with tert-alkyl or cyclic N) is 1. The van der Waals surface area contributed by atoms with Crippen LogP contribution in [0.5, 0.6) is 0 Å². The van der Waals surface area contributed by atoms with Crippen molar-refractivity contribution in [3.05, 3.63) is 35.8 Å². The lowest BCUT2D eigenvalue weighted by Crippen LogP contribution is -2.38. The van der Waals surface area contributed by atoms with Crippen molar-refractivity contribution in [1.29, 1.82) is 0 Å². The Balaban J connectivity index is 1.20. The number of carbonyl (C=O) groups excluding carboxylic acids is 1. The molecule has 0 radical (unpaired) electrons. The van der Waals surface area contributed by atoms with Gasteiger partial charge < -0.3 is 25.4 Å². The molecule has 0 bridgehead atoms. The van der Waals surface area contributed by atoms with E-state index in [0.717, 1.165) is 25.7 Å². The molecule has 0 unspecified atom stereocenters. The summed E-state index contributed by atoms with van der Waals surface area (Å²) in [5, 5.41) is 15.8. The van der Waals surface area contributed by atoms with E-state index in [0.29, 0.717) is 68.4 Å². The molecule has 1 saturated carbocycles. The van der Waals surface area contributed by atoms with Crippen LogP contribution in [0.1, 0.15) is 44.6 Å². The summed E-state index contributed by atoms with van der Waals surface area (Å²) in [5.74, 6) is -2.52. The van der Waals surface area contributed by atoms with Gasteiger partial charge in [-0.15, -0.1) is 0 Å². The molecule has 2 atom stereocenters. The maximum Gasteiger partial charge on any atom is 0.225 e. The molecule has 1 amide bonds. The van der Waals surface area contributed by atoms with Crippen LogP contribution in [0.25, 0.3) is 11.2 Å². The number of ether oxygens (including phenoxy) is 1. The lowest BCUT2D eigenvalue weighted by molar-refractivity contribution is -0.135. The minimum atomic E-state index is -1.07. The zero-order valence-electron chi connectivity index (χ0n) is 21.2. The molecular weight excluding hydrogens is 515 g/mol. The summed E-state index contributed by atoms with van der Waals surface area (Å²) < 4.78 is 49.5. The first kappa shape index (κ1) is 25.8. The normalized spacial score (nSPS) is 25.4. The highest BCUT2D eigenvalue weighted by molar-refractivity contribution is 5.79. The highest BCUT2D eigenvalue weighted by atomic mass is 19.1. The second-order valence-electron chi connectivity index (χ2n) is 10.5. The Bertz CT molecular complexity index is 1350. The van der Waals surface area contributed by atoms with Crippen LogP contribution in [0.2, 0.25) is 0 Å². The van der Waals surface area contributed by atoms with Gasteiger partial charge in [0, 0.05) is 43.8 Å². The number of nitrogens with zero attached hydrogens (tertiary/aromatic N) is 5. The number of hydrogen-bond acceptors (Lipinski definition) is 8. The number of anilines is 3. The van der Waals surface area contributed by atoms with Crippen molar-refractivity contribution < 1.29 is 27.8 Å². The molecule has 208 valence electrons. The van der Waals surface area contributed by atoms with Crippen LogP contribution in [-0.2, 0) is 9.53 Å². The summed E-state index contributed by atoms with van der Waals surface area (Å²) in [7, 11) is 0. The Morgan fingerprint density at radius 1 is 1.05 bits per heavy atom. The Kier molecular flexibility index (Phi) is 7.02. The summed E-state index contributed by atoms with van der Waals surface area (Å²) in [6, 6.07) is 1.13. The van der Waals surface area contributed by atoms with E-state index in [4.69, 9.17) is 9.72 Å². The van der Waals surface area contributed by atoms with E-state index in [-0.39, 0.29) is 29.9 Å². The SMILES string of the molecule is O=C([C@H]1CC[C@H](Nc2ncc3nc(Nc4c(F)cc(F)cc4F)n([C@H]4CCOC4)c3n2)CC1)N1CC[C@@H](O)C1. The number of imidazole rings is 1. The smallest absolute Gasteiger partial charge is 0.225 e. The largest absolute Gasteiger partial charge is 0.391 e. The van der Waals surface area contributed by atoms with Crippen LogP contribution in [0.15, 0.2) is 18.3 Å². The Morgan fingerprint density at radius 2 is 1.82 bits per heavy atom. The molecule has 39 heavy (non-hydrogen) atoms. The number of fused-ring (bicyclic) bond motifs is 1. The van der Waals surface area contributed by atoms with E-state index in [1.807, 2.05) is 0 Å². The fraction of sp³-hybridized carbons (Fsp3) is 0.538. The first-order chi connectivity index (χ1) is 18.9. The number of aromatic nitrogens is 4. The number of amides is 1. The van der Waals surface area contributed by atoms with Crippen molar-refractivity contribution in [3.63, 3.8) is 0 Å². The number of aliphatic hydroxyl groups is 1. The molecule has 13 heteroatoms. The van der Waals surface area contributed by atoms with Gasteiger partial charge in [0.25, 0.3) is 0 Å². The molecule has 2 aromatic heterocycles. The number of halogens is 3. The van der Waals surface area contributed by atoms with Gasteiger partial charge in [0.05, 0.1) is 24.9 Å². The van der Waals surface area contributed by atoms with Crippen LogP contribution in [-0.4, -0.2) is 73.9 Å². The topological polar surface area (TPSA) is 117 Å². The Morgan fingerprint density at radius 3 is 2.49 bits per heavy atom. The van der Waals surface area contributed by atoms with Crippen molar-refractivity contribution in [2.24, 2.45) is 5.92 Å². The second-order valence-corrected chi connectivity index (χ2v) is 10.5. The molecule has 3 fully saturated rings. The van der Waals surface area contributed by atoms with Gasteiger partial charge in [0.15, 0.2) is 17.3 Å². The van der Waals surface area contributed by atoms with Gasteiger partial charge in [-0.1, -0.05) is 0 Å². The second kappa shape index (κ2) is 10.6. The zero-order chi connectivity index (χ0) is 27.1. The van der Waals surface area contributed by atoms with Crippen molar-refractivity contribution in [1.82, 2.24) is 24.4 Å². The molecule has 2 aliphatic heterocycles. The maximum absolute atomic E-state index is 14.4. The van der Waals surface area contributed by atoms with E-state index in [2.05, 4.69) is 20.6 Å². The molecule has 10 nitrogen and oxygen atoms in total. The minimum Gasteiger partial charge on any atom is -0.391 e. The monoisotopic (exact) mass is 545 g/mol. The first-order valence-corrected chi connectivity index (χ1v) is 13.3. The Labute approximate surface area is 222 Å². The highest BCUT2D eigenvalue weighted by Gasteiger charge is 2.33. The van der Waals surface area contributed by atoms with Crippen molar-refractivity contribution in [3.8, 4) is 0 Å². The van der Waals surface area contributed by atoms with Gasteiger partial charge in [0.1, 0.15) is 17.0 Å². The van der Waals surface area contributed by atoms with Gasteiger partial charge >= 0.3 is 0 Å². The lowest BCUT2D eigenvalue weighted by Gasteiger charge is -2.30. The molecule has 6 rings (SSSR count). The third kappa shape index (κ3) is 5.24. The highest BCUT2D eigenvalue weighted by Crippen LogP contribution is 2.33. The van der Waals surface area contributed by atoms with E-state index in [1.165, 1.54) is 0 Å². The first-order valence-electron chi connectivity index (χ1n) is 13.3. The number of hydrogen-bond donors (Lipinski definition) is 3. The lowest BCUT2D eigenvalue weighted by atomic mass is 9.85. The molecule has 1 aromatic carbocycles. The van der Waals surface area contributed by atoms with E-state index in [1.54, 1.807) is 15.7 Å². The fourth-order valence-electron chi connectivity index (χ4n) is 5.76. The number of aliphatic hydroxyl groups excluding tert-OH is 1. The summed E-state index contributed by atoms with van der Waals surface area (Å²) in [6.07, 6.45) is 5.46. The molecule has 2 saturated heterocycles. The quantitative estimate of drug-likeness (QED) is 0.431. The van der Waals surface area contributed by atoms with Crippen molar-refractivity contribution in [2.45, 2.75) is 56.7 Å². The average molecular weight is 546 g/mol. The third-order valence-corrected chi connectivity index (χ3v) is 7.83. The number of carbonyl (C=O) groups is 1. The zero-order valence-corrected chi connectivity index (χ0v) is 21.2. The summed E-state index contributed by atoms with van der Waals surface area (Å²) in [4.78, 5) is 28.1. The molecule has 1 aliphatic carbocycles. The average Bonchev–Trinajstić information content (AvgIpc) is 3.66. The van der Waals surface area contributed by atoms with E-state index >= 15 is 0 Å².